The van der Waals surface area contributed by atoms with Crippen molar-refractivity contribution in [2.45, 2.75) is 50.3 Å². The smallest absolute Gasteiger partial charge is 0.259 e. The molecule has 1 atom stereocenters. The van der Waals surface area contributed by atoms with E-state index in [2.05, 4.69) is 21.9 Å². The molecule has 0 spiro atoms. The van der Waals surface area contributed by atoms with Crippen molar-refractivity contribution >= 4 is 54.9 Å². The maximum absolute atomic E-state index is 12.6. The molecule has 0 bridgehead atoms. The molecule has 4 heterocycles. The highest BCUT2D eigenvalue weighted by Crippen LogP contribution is 2.43. The number of aryl methyl sites for hydroxylation is 4. The Morgan fingerprint density at radius 3 is 2.85 bits per heavy atom. The van der Waals surface area contributed by atoms with Crippen LogP contribution in [0.15, 0.2) is 16.1 Å². The van der Waals surface area contributed by atoms with Crippen LogP contribution in [-0.2, 0) is 12.8 Å². The number of hydrogen-bond donors (Lipinski definition) is 1. The van der Waals surface area contributed by atoms with Crippen molar-refractivity contribution in [1.82, 2.24) is 19.9 Å². The topological polar surface area (TPSA) is 71.5 Å². The van der Waals surface area contributed by atoms with Crippen molar-refractivity contribution < 1.29 is 0 Å². The second-order valence-corrected chi connectivity index (χ2v) is 10.5. The van der Waals surface area contributed by atoms with Crippen LogP contribution >= 0.6 is 34.4 Å². The van der Waals surface area contributed by atoms with E-state index in [0.29, 0.717) is 5.82 Å². The SMILES string of the molecule is Cc1sc2nc(C(C)Sc3ncnc4sc5c(c34)CCC5)[nH]c(=O)c2c1C. The first-order chi connectivity index (χ1) is 13.0. The molecular weight excluding hydrogens is 396 g/mol. The minimum Gasteiger partial charge on any atom is -0.309 e. The molecule has 27 heavy (non-hydrogen) atoms. The van der Waals surface area contributed by atoms with Gasteiger partial charge in [-0.25, -0.2) is 15.0 Å². The van der Waals surface area contributed by atoms with Crippen molar-refractivity contribution in [2.75, 3.05) is 0 Å². The Hall–Kier alpha value is -1.77. The van der Waals surface area contributed by atoms with Crippen LogP contribution < -0.4 is 5.56 Å². The number of fused-ring (bicyclic) bond motifs is 4. The first-order valence-corrected chi connectivity index (χ1v) is 11.5. The highest BCUT2D eigenvalue weighted by atomic mass is 32.2. The average Bonchev–Trinajstić information content (AvgIpc) is 3.29. The number of aromatic amines is 1. The van der Waals surface area contributed by atoms with E-state index in [1.807, 2.05) is 13.8 Å². The zero-order valence-corrected chi connectivity index (χ0v) is 17.7. The molecule has 1 aliphatic rings. The zero-order chi connectivity index (χ0) is 18.7. The number of aromatic nitrogens is 4. The number of rotatable bonds is 3. The predicted octanol–water partition coefficient (Wildman–Crippen LogP) is 4.95. The van der Waals surface area contributed by atoms with E-state index in [1.165, 1.54) is 22.2 Å². The molecule has 4 aromatic rings. The fourth-order valence-electron chi connectivity index (χ4n) is 3.68. The number of hydrogen-bond acceptors (Lipinski definition) is 7. The van der Waals surface area contributed by atoms with Crippen LogP contribution in [0.3, 0.4) is 0 Å². The number of nitrogens with one attached hydrogen (secondary N) is 1. The Morgan fingerprint density at radius 1 is 1.15 bits per heavy atom. The Kier molecular flexibility index (Phi) is 4.10. The molecule has 0 saturated heterocycles. The van der Waals surface area contributed by atoms with Crippen LogP contribution in [0.5, 0.6) is 0 Å². The van der Waals surface area contributed by atoms with Gasteiger partial charge in [0.2, 0.25) is 0 Å². The molecule has 4 aromatic heterocycles. The number of H-pyrrole nitrogens is 1. The average molecular weight is 415 g/mol. The lowest BCUT2D eigenvalue weighted by atomic mass is 10.2. The van der Waals surface area contributed by atoms with Crippen molar-refractivity contribution in [3.8, 4) is 0 Å². The Bertz CT molecular complexity index is 1250. The zero-order valence-electron chi connectivity index (χ0n) is 15.3. The van der Waals surface area contributed by atoms with E-state index in [0.717, 1.165) is 43.4 Å². The normalized spacial score (nSPS) is 14.9. The highest BCUT2D eigenvalue weighted by Gasteiger charge is 2.23. The van der Waals surface area contributed by atoms with E-state index >= 15 is 0 Å². The second-order valence-electron chi connectivity index (χ2n) is 6.89. The van der Waals surface area contributed by atoms with Crippen molar-refractivity contribution in [1.29, 1.82) is 0 Å². The summed E-state index contributed by atoms with van der Waals surface area (Å²) in [5.74, 6) is 0.706. The minimum atomic E-state index is -0.0476. The van der Waals surface area contributed by atoms with Crippen LogP contribution in [0.25, 0.3) is 20.4 Å². The minimum absolute atomic E-state index is 0.000125. The van der Waals surface area contributed by atoms with Crippen LogP contribution in [0.2, 0.25) is 0 Å². The fourth-order valence-corrected chi connectivity index (χ4v) is 7.01. The van der Waals surface area contributed by atoms with Gasteiger partial charge in [0, 0.05) is 15.1 Å². The molecule has 1 aliphatic carbocycles. The summed E-state index contributed by atoms with van der Waals surface area (Å²) in [7, 11) is 0. The maximum atomic E-state index is 12.6. The molecule has 5 nitrogen and oxygen atoms in total. The fraction of sp³-hybridized carbons (Fsp3) is 0.368. The predicted molar refractivity (Wildman–Crippen MR) is 113 cm³/mol. The first-order valence-electron chi connectivity index (χ1n) is 8.94. The molecule has 0 amide bonds. The van der Waals surface area contributed by atoms with Gasteiger partial charge < -0.3 is 4.98 Å². The Labute approximate surface area is 168 Å². The largest absolute Gasteiger partial charge is 0.309 e. The van der Waals surface area contributed by atoms with Crippen LogP contribution in [0, 0.1) is 13.8 Å². The van der Waals surface area contributed by atoms with Gasteiger partial charge in [0.15, 0.2) is 0 Å². The van der Waals surface area contributed by atoms with Crippen molar-refractivity contribution in [3.63, 3.8) is 0 Å². The summed E-state index contributed by atoms with van der Waals surface area (Å²) >= 11 is 5.04. The molecule has 0 fully saturated rings. The third-order valence-electron chi connectivity index (χ3n) is 5.20. The third kappa shape index (κ3) is 2.73. The van der Waals surface area contributed by atoms with E-state index in [4.69, 9.17) is 4.98 Å². The number of thioether (sulfide) groups is 1. The molecule has 1 N–H and O–H groups in total. The standard InChI is InChI=1S/C19H18N4OS3/c1-8-9(2)25-19-13(8)16(24)22-15(23-19)10(3)26-17-14-11-5-4-6-12(11)27-18(14)21-7-20-17/h7,10H,4-6H2,1-3H3,(H,22,23,24). The summed E-state index contributed by atoms with van der Waals surface area (Å²) in [5.41, 5.74) is 2.40. The molecule has 5 rings (SSSR count). The summed E-state index contributed by atoms with van der Waals surface area (Å²) in [6.45, 7) is 6.09. The van der Waals surface area contributed by atoms with Crippen LogP contribution in [0.1, 0.15) is 45.3 Å². The van der Waals surface area contributed by atoms with Crippen LogP contribution in [-0.4, -0.2) is 19.9 Å². The van der Waals surface area contributed by atoms with Crippen molar-refractivity contribution in [3.05, 3.63) is 43.4 Å². The lowest BCUT2D eigenvalue weighted by Crippen LogP contribution is -2.12. The van der Waals surface area contributed by atoms with E-state index in [1.54, 1.807) is 40.8 Å². The molecule has 0 aromatic carbocycles. The Morgan fingerprint density at radius 2 is 2.00 bits per heavy atom. The highest BCUT2D eigenvalue weighted by molar-refractivity contribution is 7.99. The van der Waals surface area contributed by atoms with Gasteiger partial charge in [-0.2, -0.15) is 0 Å². The Balaban J connectivity index is 1.56. The molecule has 0 saturated carbocycles. The quantitative estimate of drug-likeness (QED) is 0.379. The molecule has 0 aliphatic heterocycles. The monoisotopic (exact) mass is 414 g/mol. The molecule has 8 heteroatoms. The maximum Gasteiger partial charge on any atom is 0.259 e. The van der Waals surface area contributed by atoms with Gasteiger partial charge in [-0.1, -0.05) is 11.8 Å². The summed E-state index contributed by atoms with van der Waals surface area (Å²) in [6, 6.07) is 0. The van der Waals surface area contributed by atoms with Crippen molar-refractivity contribution in [2.24, 2.45) is 0 Å². The summed E-state index contributed by atoms with van der Waals surface area (Å²) < 4.78 is 0. The van der Waals surface area contributed by atoms with Gasteiger partial charge in [0.25, 0.3) is 5.56 Å². The molecule has 0 radical (unpaired) electrons. The lowest BCUT2D eigenvalue weighted by molar-refractivity contribution is 0.912. The number of nitrogens with zero attached hydrogens (tertiary/aromatic N) is 3. The molecular formula is C19H18N4OS3. The summed E-state index contributed by atoms with van der Waals surface area (Å²) in [6.07, 6.45) is 5.13. The third-order valence-corrected chi connectivity index (χ3v) is 8.61. The van der Waals surface area contributed by atoms with Gasteiger partial charge in [0.1, 0.15) is 26.8 Å². The molecule has 1 unspecified atom stereocenters. The van der Waals surface area contributed by atoms with Gasteiger partial charge in [-0.05, 0) is 51.2 Å². The molecule has 138 valence electrons. The van der Waals surface area contributed by atoms with E-state index in [-0.39, 0.29) is 10.8 Å². The summed E-state index contributed by atoms with van der Waals surface area (Å²) in [5, 5.41) is 2.92. The second kappa shape index (κ2) is 6.39. The van der Waals surface area contributed by atoms with Crippen LogP contribution in [0.4, 0.5) is 0 Å². The first kappa shape index (κ1) is 17.3. The summed E-state index contributed by atoms with van der Waals surface area (Å²) in [4.78, 5) is 33.9. The lowest BCUT2D eigenvalue weighted by Gasteiger charge is -2.11. The number of thiophene rings is 2. The van der Waals surface area contributed by atoms with Gasteiger partial charge in [-0.15, -0.1) is 22.7 Å². The van der Waals surface area contributed by atoms with Gasteiger partial charge >= 0.3 is 0 Å². The van der Waals surface area contributed by atoms with Gasteiger partial charge in [0.05, 0.1) is 10.6 Å². The van der Waals surface area contributed by atoms with E-state index < -0.39 is 0 Å². The van der Waals surface area contributed by atoms with Gasteiger partial charge in [-0.3, -0.25) is 4.79 Å². The van der Waals surface area contributed by atoms with E-state index in [9.17, 15) is 4.79 Å².